The predicted octanol–water partition coefficient (Wildman–Crippen LogP) is 4.08. The third-order valence-electron chi connectivity index (χ3n) is 5.27. The molecule has 0 spiro atoms. The van der Waals surface area contributed by atoms with E-state index < -0.39 is 23.5 Å². The van der Waals surface area contributed by atoms with Crippen LogP contribution in [0.1, 0.15) is 30.0 Å². The van der Waals surface area contributed by atoms with Gasteiger partial charge < -0.3 is 14.7 Å². The Kier molecular flexibility index (Phi) is 5.39. The molecule has 5 nitrogen and oxygen atoms in total. The number of hydrogen-bond donors (Lipinski definition) is 1. The van der Waals surface area contributed by atoms with E-state index >= 15 is 0 Å². The topological polar surface area (TPSA) is 66.8 Å². The average molecular weight is 416 g/mol. The molecular weight excluding hydrogens is 397 g/mol. The second kappa shape index (κ2) is 7.97. The standard InChI is InChI=1S/C22H19ClFNO4/c23-15-7-3-13(4-8-15)19-18(20(26)14-5-9-16(24)10-6-14)21(27)22(28)25(19)12-17-2-1-11-29-17/h3-10,17,19,26H,1-2,11-12H2/t17-,19-/m1/s1. The normalized spacial score (nSPS) is 23.7. The Morgan fingerprint density at radius 3 is 2.45 bits per heavy atom. The van der Waals surface area contributed by atoms with Crippen LogP contribution in [0.15, 0.2) is 54.1 Å². The third-order valence-corrected chi connectivity index (χ3v) is 5.52. The van der Waals surface area contributed by atoms with E-state index in [9.17, 15) is 19.1 Å². The Labute approximate surface area is 172 Å². The molecule has 2 fully saturated rings. The van der Waals surface area contributed by atoms with Gasteiger partial charge in [-0.2, -0.15) is 0 Å². The lowest BCUT2D eigenvalue weighted by atomic mass is 9.95. The minimum Gasteiger partial charge on any atom is -0.507 e. The number of likely N-dealkylation sites (tertiary alicyclic amines) is 1. The minimum atomic E-state index is -0.776. The summed E-state index contributed by atoms with van der Waals surface area (Å²) in [5.41, 5.74) is 0.887. The number of nitrogens with zero attached hydrogens (tertiary/aromatic N) is 1. The first-order valence-corrected chi connectivity index (χ1v) is 9.75. The highest BCUT2D eigenvalue weighted by Gasteiger charge is 2.47. The summed E-state index contributed by atoms with van der Waals surface area (Å²) < 4.78 is 18.9. The van der Waals surface area contributed by atoms with Crippen molar-refractivity contribution >= 4 is 29.1 Å². The molecule has 0 radical (unpaired) electrons. The summed E-state index contributed by atoms with van der Waals surface area (Å²) >= 11 is 5.99. The van der Waals surface area contributed by atoms with Crippen LogP contribution in [0.4, 0.5) is 4.39 Å². The molecule has 0 bridgehead atoms. The van der Waals surface area contributed by atoms with Gasteiger partial charge in [-0.25, -0.2) is 4.39 Å². The van der Waals surface area contributed by atoms with E-state index in [0.29, 0.717) is 17.2 Å². The van der Waals surface area contributed by atoms with Crippen molar-refractivity contribution in [2.75, 3.05) is 13.2 Å². The molecular formula is C22H19ClFNO4. The van der Waals surface area contributed by atoms with Crippen molar-refractivity contribution in [2.24, 2.45) is 0 Å². The number of carbonyl (C=O) groups is 2. The van der Waals surface area contributed by atoms with E-state index in [1.165, 1.54) is 29.2 Å². The lowest BCUT2D eigenvalue weighted by molar-refractivity contribution is -0.140. The van der Waals surface area contributed by atoms with Gasteiger partial charge in [-0.3, -0.25) is 9.59 Å². The maximum atomic E-state index is 13.3. The first kappa shape index (κ1) is 19.6. The van der Waals surface area contributed by atoms with E-state index in [1.54, 1.807) is 24.3 Å². The molecule has 0 aliphatic carbocycles. The van der Waals surface area contributed by atoms with Gasteiger partial charge in [0.1, 0.15) is 11.6 Å². The van der Waals surface area contributed by atoms with Crippen molar-refractivity contribution in [3.63, 3.8) is 0 Å². The zero-order valence-corrected chi connectivity index (χ0v) is 16.2. The summed E-state index contributed by atoms with van der Waals surface area (Å²) in [6, 6.07) is 11.1. The number of ether oxygens (including phenoxy) is 1. The molecule has 1 N–H and O–H groups in total. The van der Waals surface area contributed by atoms with Crippen LogP contribution < -0.4 is 0 Å². The molecule has 2 heterocycles. The van der Waals surface area contributed by atoms with Gasteiger partial charge in [0.05, 0.1) is 17.7 Å². The fourth-order valence-corrected chi connectivity index (χ4v) is 3.96. The summed E-state index contributed by atoms with van der Waals surface area (Å²) in [4.78, 5) is 27.1. The summed E-state index contributed by atoms with van der Waals surface area (Å²) in [7, 11) is 0. The second-order valence-electron chi connectivity index (χ2n) is 7.14. The van der Waals surface area contributed by atoms with E-state index in [4.69, 9.17) is 16.3 Å². The van der Waals surface area contributed by atoms with E-state index in [0.717, 1.165) is 12.8 Å². The van der Waals surface area contributed by atoms with Crippen molar-refractivity contribution in [1.82, 2.24) is 4.90 Å². The lowest BCUT2D eigenvalue weighted by Gasteiger charge is -2.27. The molecule has 150 valence electrons. The van der Waals surface area contributed by atoms with Gasteiger partial charge in [0.2, 0.25) is 0 Å². The molecule has 2 atom stereocenters. The predicted molar refractivity (Wildman–Crippen MR) is 106 cm³/mol. The number of aliphatic hydroxyl groups excluding tert-OH is 1. The molecule has 2 aliphatic rings. The highest BCUT2D eigenvalue weighted by atomic mass is 35.5. The van der Waals surface area contributed by atoms with Gasteiger partial charge >= 0.3 is 0 Å². The number of aliphatic hydroxyl groups is 1. The molecule has 2 aliphatic heterocycles. The number of benzene rings is 2. The fraction of sp³-hybridized carbons (Fsp3) is 0.273. The lowest BCUT2D eigenvalue weighted by Crippen LogP contribution is -2.36. The molecule has 0 unspecified atom stereocenters. The molecule has 7 heteroatoms. The number of halogens is 2. The summed E-state index contributed by atoms with van der Waals surface area (Å²) in [5, 5.41) is 11.4. The maximum Gasteiger partial charge on any atom is 0.295 e. The summed E-state index contributed by atoms with van der Waals surface area (Å²) in [6.07, 6.45) is 1.54. The van der Waals surface area contributed by atoms with Crippen LogP contribution in [0.2, 0.25) is 5.02 Å². The van der Waals surface area contributed by atoms with Gasteiger partial charge in [0, 0.05) is 23.7 Å². The van der Waals surface area contributed by atoms with Crippen molar-refractivity contribution in [1.29, 1.82) is 0 Å². The van der Waals surface area contributed by atoms with Crippen LogP contribution in [0, 0.1) is 5.82 Å². The molecule has 4 rings (SSSR count). The summed E-state index contributed by atoms with van der Waals surface area (Å²) in [5.74, 6) is -2.26. The smallest absolute Gasteiger partial charge is 0.295 e. The summed E-state index contributed by atoms with van der Waals surface area (Å²) in [6.45, 7) is 0.869. The average Bonchev–Trinajstić information content (AvgIpc) is 3.31. The number of hydrogen-bond acceptors (Lipinski definition) is 4. The van der Waals surface area contributed by atoms with Gasteiger partial charge in [-0.1, -0.05) is 23.7 Å². The van der Waals surface area contributed by atoms with Crippen LogP contribution >= 0.6 is 11.6 Å². The van der Waals surface area contributed by atoms with Crippen molar-refractivity contribution in [2.45, 2.75) is 25.0 Å². The number of rotatable bonds is 4. The zero-order chi connectivity index (χ0) is 20.5. The van der Waals surface area contributed by atoms with Gasteiger partial charge in [0.15, 0.2) is 0 Å². The Bertz CT molecular complexity index is 965. The van der Waals surface area contributed by atoms with Gasteiger partial charge in [-0.05, 0) is 54.8 Å². The maximum absolute atomic E-state index is 13.3. The van der Waals surface area contributed by atoms with Crippen molar-refractivity contribution < 1.29 is 23.8 Å². The molecule has 2 saturated heterocycles. The quantitative estimate of drug-likeness (QED) is 0.464. The third kappa shape index (κ3) is 3.78. The van der Waals surface area contributed by atoms with Crippen LogP contribution in [0.25, 0.3) is 5.76 Å². The number of carbonyl (C=O) groups excluding carboxylic acids is 2. The van der Waals surface area contributed by atoms with Crippen molar-refractivity contribution in [3.8, 4) is 0 Å². The van der Waals surface area contributed by atoms with Crippen LogP contribution in [-0.2, 0) is 14.3 Å². The molecule has 1 amide bonds. The van der Waals surface area contributed by atoms with Crippen LogP contribution in [0.5, 0.6) is 0 Å². The highest BCUT2D eigenvalue weighted by Crippen LogP contribution is 2.40. The van der Waals surface area contributed by atoms with E-state index in [1.807, 2.05) is 0 Å². The number of ketones is 1. The first-order chi connectivity index (χ1) is 14.0. The molecule has 0 saturated carbocycles. The second-order valence-corrected chi connectivity index (χ2v) is 7.58. The molecule has 2 aromatic rings. The molecule has 0 aromatic heterocycles. The Morgan fingerprint density at radius 1 is 1.14 bits per heavy atom. The SMILES string of the molecule is O=C1C(=O)N(C[C@H]2CCCO2)[C@H](c2ccc(Cl)cc2)C1=C(O)c1ccc(F)cc1. The minimum absolute atomic E-state index is 0.0260. The van der Waals surface area contributed by atoms with Crippen LogP contribution in [-0.4, -0.2) is 41.0 Å². The van der Waals surface area contributed by atoms with E-state index in [2.05, 4.69) is 0 Å². The monoisotopic (exact) mass is 415 g/mol. The zero-order valence-electron chi connectivity index (χ0n) is 15.5. The fourth-order valence-electron chi connectivity index (χ4n) is 3.83. The Hall–Kier alpha value is -2.70. The van der Waals surface area contributed by atoms with Gasteiger partial charge in [0.25, 0.3) is 11.7 Å². The number of amides is 1. The molecule has 29 heavy (non-hydrogen) atoms. The molecule has 2 aromatic carbocycles. The number of Topliss-reactive ketones (excluding diaryl/α,β-unsaturated/α-hetero) is 1. The Balaban J connectivity index is 1.81. The van der Waals surface area contributed by atoms with Crippen molar-refractivity contribution in [3.05, 3.63) is 76.1 Å². The highest BCUT2D eigenvalue weighted by molar-refractivity contribution is 6.46. The van der Waals surface area contributed by atoms with Gasteiger partial charge in [-0.15, -0.1) is 0 Å². The first-order valence-electron chi connectivity index (χ1n) is 9.37. The van der Waals surface area contributed by atoms with Crippen LogP contribution in [0.3, 0.4) is 0 Å². The Morgan fingerprint density at radius 2 is 1.83 bits per heavy atom. The largest absolute Gasteiger partial charge is 0.507 e. The van der Waals surface area contributed by atoms with E-state index in [-0.39, 0.29) is 29.5 Å².